The Morgan fingerprint density at radius 2 is 1.96 bits per heavy atom. The zero-order valence-electron chi connectivity index (χ0n) is 14.7. The van der Waals surface area contributed by atoms with Gasteiger partial charge in [-0.3, -0.25) is 4.79 Å². The van der Waals surface area contributed by atoms with E-state index in [2.05, 4.69) is 4.98 Å². The van der Waals surface area contributed by atoms with Crippen molar-refractivity contribution in [1.29, 1.82) is 0 Å². The summed E-state index contributed by atoms with van der Waals surface area (Å²) in [5.74, 6) is 0.224. The highest BCUT2D eigenvalue weighted by Crippen LogP contribution is 2.41. The first-order chi connectivity index (χ1) is 12.5. The van der Waals surface area contributed by atoms with Crippen LogP contribution in [0.5, 0.6) is 5.75 Å². The fourth-order valence-electron chi connectivity index (χ4n) is 3.51. The van der Waals surface area contributed by atoms with Crippen LogP contribution in [-0.4, -0.2) is 10.1 Å². The van der Waals surface area contributed by atoms with E-state index in [1.54, 1.807) is 6.07 Å². The molecule has 1 unspecified atom stereocenters. The molecular weight excluding hydrogens is 344 g/mol. The topological polar surface area (TPSA) is 79.1 Å². The Balaban J connectivity index is 2.13. The van der Waals surface area contributed by atoms with Crippen molar-refractivity contribution in [3.8, 4) is 16.9 Å². The number of aryl methyl sites for hydroxylation is 1. The molecule has 0 amide bonds. The highest BCUT2D eigenvalue weighted by Gasteiger charge is 2.18. The maximum atomic E-state index is 12.5. The number of nitrogens with two attached hydrogens (primary N) is 1. The van der Waals surface area contributed by atoms with Crippen LogP contribution in [0.1, 0.15) is 31.0 Å². The van der Waals surface area contributed by atoms with E-state index >= 15 is 0 Å². The maximum Gasteiger partial charge on any atom is 0.266 e. The van der Waals surface area contributed by atoms with Crippen LogP contribution < -0.4 is 11.3 Å². The van der Waals surface area contributed by atoms with Gasteiger partial charge in [-0.25, -0.2) is 0 Å². The fourth-order valence-corrected chi connectivity index (χ4v) is 4.31. The van der Waals surface area contributed by atoms with Crippen LogP contribution in [0.25, 0.3) is 32.1 Å². The van der Waals surface area contributed by atoms with Gasteiger partial charge in [0.05, 0.1) is 5.52 Å². The van der Waals surface area contributed by atoms with Crippen LogP contribution in [0, 0.1) is 0 Å². The monoisotopic (exact) mass is 364 g/mol. The van der Waals surface area contributed by atoms with E-state index in [-0.39, 0.29) is 17.4 Å². The van der Waals surface area contributed by atoms with E-state index in [4.69, 9.17) is 5.73 Å². The molecule has 4 N–H and O–H groups in total. The van der Waals surface area contributed by atoms with Gasteiger partial charge in [-0.05, 0) is 47.5 Å². The SMILES string of the molecule is CCc1cc(O)c(-c2ccc(C(C)N)cc2)c2c1[nH]c(=O)c1sccc12. The van der Waals surface area contributed by atoms with Gasteiger partial charge < -0.3 is 15.8 Å². The lowest BCUT2D eigenvalue weighted by Crippen LogP contribution is -2.07. The molecule has 26 heavy (non-hydrogen) atoms. The van der Waals surface area contributed by atoms with Crippen LogP contribution in [0.3, 0.4) is 0 Å². The molecule has 2 aromatic carbocycles. The van der Waals surface area contributed by atoms with Gasteiger partial charge in [-0.15, -0.1) is 11.3 Å². The molecule has 0 aliphatic rings. The zero-order valence-corrected chi connectivity index (χ0v) is 15.5. The number of pyridine rings is 1. The molecule has 4 rings (SSSR count). The number of rotatable bonds is 3. The lowest BCUT2D eigenvalue weighted by molar-refractivity contribution is 0.477. The first kappa shape index (κ1) is 16.8. The molecular formula is C21H20N2O2S. The van der Waals surface area contributed by atoms with Crippen LogP contribution >= 0.6 is 11.3 Å². The quantitative estimate of drug-likeness (QED) is 0.493. The molecule has 4 nitrogen and oxygen atoms in total. The van der Waals surface area contributed by atoms with Crippen molar-refractivity contribution in [2.75, 3.05) is 0 Å². The van der Waals surface area contributed by atoms with Gasteiger partial charge in [0.25, 0.3) is 5.56 Å². The third kappa shape index (κ3) is 2.52. The van der Waals surface area contributed by atoms with E-state index in [9.17, 15) is 9.90 Å². The van der Waals surface area contributed by atoms with Gasteiger partial charge in [0, 0.05) is 22.4 Å². The highest BCUT2D eigenvalue weighted by atomic mass is 32.1. The van der Waals surface area contributed by atoms with Gasteiger partial charge >= 0.3 is 0 Å². The Labute approximate surface area is 154 Å². The van der Waals surface area contributed by atoms with E-state index in [1.165, 1.54) is 11.3 Å². The lowest BCUT2D eigenvalue weighted by atomic mass is 9.93. The maximum absolute atomic E-state index is 12.5. The van der Waals surface area contributed by atoms with Gasteiger partial charge in [-0.2, -0.15) is 0 Å². The normalized spacial score (nSPS) is 12.7. The number of hydrogen-bond donors (Lipinski definition) is 3. The third-order valence-electron chi connectivity index (χ3n) is 4.87. The van der Waals surface area contributed by atoms with Crippen molar-refractivity contribution in [3.05, 3.63) is 63.3 Å². The van der Waals surface area contributed by atoms with Crippen molar-refractivity contribution >= 4 is 32.3 Å². The van der Waals surface area contributed by atoms with E-state index < -0.39 is 0 Å². The third-order valence-corrected chi connectivity index (χ3v) is 5.79. The molecule has 132 valence electrons. The Bertz CT molecular complexity index is 1170. The average Bonchev–Trinajstić information content (AvgIpc) is 3.12. The van der Waals surface area contributed by atoms with E-state index in [0.717, 1.165) is 45.0 Å². The number of H-pyrrole nitrogens is 1. The average molecular weight is 364 g/mol. The summed E-state index contributed by atoms with van der Waals surface area (Å²) in [5, 5.41) is 14.5. The number of aromatic amines is 1. The van der Waals surface area contributed by atoms with E-state index in [0.29, 0.717) is 4.70 Å². The lowest BCUT2D eigenvalue weighted by Gasteiger charge is -2.15. The molecule has 0 fully saturated rings. The number of phenolic OH excluding ortho intramolecular Hbond substituents is 1. The second kappa shape index (κ2) is 6.27. The zero-order chi connectivity index (χ0) is 18.4. The van der Waals surface area contributed by atoms with Gasteiger partial charge in [0.1, 0.15) is 10.4 Å². The first-order valence-corrected chi connectivity index (χ1v) is 9.53. The summed E-state index contributed by atoms with van der Waals surface area (Å²) in [6, 6.07) is 11.6. The van der Waals surface area contributed by atoms with Crippen LogP contribution in [-0.2, 0) is 6.42 Å². The van der Waals surface area contributed by atoms with Gasteiger partial charge in [0.15, 0.2) is 0 Å². The van der Waals surface area contributed by atoms with Gasteiger partial charge in [0.2, 0.25) is 0 Å². The van der Waals surface area contributed by atoms with Crippen molar-refractivity contribution in [2.45, 2.75) is 26.3 Å². The molecule has 2 heterocycles. The number of thiophene rings is 1. The molecule has 4 aromatic rings. The molecule has 0 saturated heterocycles. The molecule has 1 atom stereocenters. The largest absolute Gasteiger partial charge is 0.507 e. The number of phenols is 1. The second-order valence-electron chi connectivity index (χ2n) is 6.56. The number of nitrogens with one attached hydrogen (secondary N) is 1. The molecule has 0 saturated carbocycles. The smallest absolute Gasteiger partial charge is 0.266 e. The highest BCUT2D eigenvalue weighted by molar-refractivity contribution is 7.17. The number of aromatic nitrogens is 1. The summed E-state index contributed by atoms with van der Waals surface area (Å²) in [5.41, 5.74) is 10.3. The number of fused-ring (bicyclic) bond motifs is 3. The number of aromatic hydroxyl groups is 1. The summed E-state index contributed by atoms with van der Waals surface area (Å²) >= 11 is 1.42. The van der Waals surface area contributed by atoms with Gasteiger partial charge in [-0.1, -0.05) is 31.2 Å². The Kier molecular flexibility index (Phi) is 4.05. The fraction of sp³-hybridized carbons (Fsp3) is 0.190. The molecule has 0 radical (unpaired) electrons. The van der Waals surface area contributed by atoms with Crippen molar-refractivity contribution in [2.24, 2.45) is 5.73 Å². The predicted molar refractivity (Wildman–Crippen MR) is 109 cm³/mol. The first-order valence-electron chi connectivity index (χ1n) is 8.65. The minimum absolute atomic E-state index is 0.0446. The molecule has 0 aliphatic heterocycles. The molecule has 2 aromatic heterocycles. The molecule has 0 bridgehead atoms. The summed E-state index contributed by atoms with van der Waals surface area (Å²) < 4.78 is 0.679. The van der Waals surface area contributed by atoms with Crippen LogP contribution in [0.15, 0.2) is 46.6 Å². The summed E-state index contributed by atoms with van der Waals surface area (Å²) in [6.07, 6.45) is 0.722. The standard InChI is InChI=1S/C21H20N2O2S/c1-3-12-10-16(24)17(14-6-4-13(5-7-14)11(2)22)18-15-8-9-26-20(15)21(25)23-19(12)18/h4-11,24H,3,22H2,1-2H3,(H,23,25). The summed E-state index contributed by atoms with van der Waals surface area (Å²) in [7, 11) is 0. The Morgan fingerprint density at radius 1 is 1.23 bits per heavy atom. The van der Waals surface area contributed by atoms with Crippen molar-refractivity contribution < 1.29 is 5.11 Å². The van der Waals surface area contributed by atoms with Crippen molar-refractivity contribution in [1.82, 2.24) is 4.98 Å². The number of benzene rings is 2. The van der Waals surface area contributed by atoms with E-state index in [1.807, 2.05) is 49.6 Å². The van der Waals surface area contributed by atoms with Crippen LogP contribution in [0.2, 0.25) is 0 Å². The Hall–Kier alpha value is -2.63. The molecule has 5 heteroatoms. The minimum atomic E-state index is -0.0823. The summed E-state index contributed by atoms with van der Waals surface area (Å²) in [4.78, 5) is 15.5. The summed E-state index contributed by atoms with van der Waals surface area (Å²) in [6.45, 7) is 3.96. The molecule has 0 spiro atoms. The molecule has 0 aliphatic carbocycles. The van der Waals surface area contributed by atoms with Crippen molar-refractivity contribution in [3.63, 3.8) is 0 Å². The Morgan fingerprint density at radius 3 is 2.62 bits per heavy atom. The number of hydrogen-bond acceptors (Lipinski definition) is 4. The van der Waals surface area contributed by atoms with Crippen LogP contribution in [0.4, 0.5) is 0 Å². The minimum Gasteiger partial charge on any atom is -0.507 e. The predicted octanol–water partition coefficient (Wildman–Crippen LogP) is 4.70. The second-order valence-corrected chi connectivity index (χ2v) is 7.48.